The summed E-state index contributed by atoms with van der Waals surface area (Å²) in [5.74, 6) is -0.136. The highest BCUT2D eigenvalue weighted by molar-refractivity contribution is 5.92. The fraction of sp³-hybridized carbons (Fsp3) is 0.214. The summed E-state index contributed by atoms with van der Waals surface area (Å²) in [6.45, 7) is 4.89. The number of hydrogen-bond donors (Lipinski definition) is 1. The zero-order valence-electron chi connectivity index (χ0n) is 19.3. The molecule has 3 aromatic carbocycles. The van der Waals surface area contributed by atoms with Crippen molar-refractivity contribution in [2.45, 2.75) is 39.0 Å². The van der Waals surface area contributed by atoms with Crippen LogP contribution in [0.5, 0.6) is 0 Å². The summed E-state index contributed by atoms with van der Waals surface area (Å²) < 4.78 is 19.5. The molecule has 0 aliphatic heterocycles. The van der Waals surface area contributed by atoms with E-state index in [2.05, 4.69) is 34.3 Å². The van der Waals surface area contributed by atoms with E-state index in [9.17, 15) is 9.18 Å². The second-order valence-corrected chi connectivity index (χ2v) is 8.35. The van der Waals surface area contributed by atoms with E-state index in [-0.39, 0.29) is 29.5 Å². The van der Waals surface area contributed by atoms with Crippen LogP contribution < -0.4 is 5.32 Å². The highest BCUT2D eigenvalue weighted by Gasteiger charge is 2.21. The lowest BCUT2D eigenvalue weighted by Gasteiger charge is -2.28. The van der Waals surface area contributed by atoms with Gasteiger partial charge in [-0.1, -0.05) is 72.8 Å². The Labute approximate surface area is 199 Å². The molecule has 4 aromatic rings. The third kappa shape index (κ3) is 5.97. The molecule has 4 rings (SSSR count). The van der Waals surface area contributed by atoms with Gasteiger partial charge in [-0.05, 0) is 42.7 Å². The van der Waals surface area contributed by atoms with Crippen molar-refractivity contribution in [3.63, 3.8) is 0 Å². The van der Waals surface area contributed by atoms with Crippen molar-refractivity contribution in [1.29, 1.82) is 0 Å². The number of halogens is 1. The number of amides is 1. The van der Waals surface area contributed by atoms with Gasteiger partial charge in [-0.3, -0.25) is 9.69 Å². The summed E-state index contributed by atoms with van der Waals surface area (Å²) in [6.07, 6.45) is 1.38. The summed E-state index contributed by atoms with van der Waals surface area (Å²) in [7, 11) is 0. The van der Waals surface area contributed by atoms with Crippen molar-refractivity contribution in [1.82, 2.24) is 15.2 Å². The molecular weight excluding hydrogens is 429 g/mol. The maximum atomic E-state index is 13.8. The summed E-state index contributed by atoms with van der Waals surface area (Å²) >= 11 is 0. The molecule has 0 saturated heterocycles. The van der Waals surface area contributed by atoms with E-state index in [4.69, 9.17) is 4.42 Å². The molecule has 0 spiro atoms. The molecule has 0 aliphatic carbocycles. The van der Waals surface area contributed by atoms with Gasteiger partial charge in [-0.25, -0.2) is 9.37 Å². The third-order valence-corrected chi connectivity index (χ3v) is 5.87. The number of nitrogens with zero attached hydrogens (tertiary/aromatic N) is 2. The summed E-state index contributed by atoms with van der Waals surface area (Å²) in [4.78, 5) is 19.3. The van der Waals surface area contributed by atoms with Crippen LogP contribution in [0.15, 0.2) is 95.6 Å². The number of carbonyl (C=O) groups is 1. The Kier molecular flexibility index (Phi) is 7.50. The highest BCUT2D eigenvalue weighted by atomic mass is 19.1. The first-order valence-electron chi connectivity index (χ1n) is 11.3. The predicted molar refractivity (Wildman–Crippen MR) is 129 cm³/mol. The van der Waals surface area contributed by atoms with Crippen LogP contribution in [0.3, 0.4) is 0 Å². The minimum Gasteiger partial charge on any atom is -0.447 e. The van der Waals surface area contributed by atoms with Gasteiger partial charge in [0.1, 0.15) is 12.1 Å². The summed E-state index contributed by atoms with van der Waals surface area (Å²) in [6, 6.07) is 26.3. The Morgan fingerprint density at radius 2 is 1.62 bits per heavy atom. The van der Waals surface area contributed by atoms with E-state index in [1.165, 1.54) is 18.4 Å². The normalized spacial score (nSPS) is 12.9. The number of nitrogens with one attached hydrogen (secondary N) is 1. The van der Waals surface area contributed by atoms with E-state index >= 15 is 0 Å². The van der Waals surface area contributed by atoms with Crippen LogP contribution in [-0.4, -0.2) is 15.8 Å². The van der Waals surface area contributed by atoms with Crippen molar-refractivity contribution in [3.05, 3.63) is 125 Å². The van der Waals surface area contributed by atoms with Crippen LogP contribution >= 0.6 is 0 Å². The fourth-order valence-corrected chi connectivity index (χ4v) is 3.90. The second-order valence-electron chi connectivity index (χ2n) is 8.35. The minimum atomic E-state index is -0.292. The van der Waals surface area contributed by atoms with Crippen molar-refractivity contribution in [2.24, 2.45) is 0 Å². The Morgan fingerprint density at radius 3 is 2.29 bits per heavy atom. The van der Waals surface area contributed by atoms with Gasteiger partial charge < -0.3 is 9.73 Å². The molecule has 5 nitrogen and oxygen atoms in total. The standard InChI is InChI=1S/C28H28FN3O2/c1-20(23-11-5-3-6-12-23)30-28(33)26-19-34-27(31-26)18-32(17-22-10-9-15-25(29)16-22)21(2)24-13-7-4-8-14-24/h3-16,19-21H,17-18H2,1-2H3,(H,30,33)/t20-,21-/m0/s1. The number of rotatable bonds is 9. The molecular formula is C28H28FN3O2. The van der Waals surface area contributed by atoms with Gasteiger partial charge >= 0.3 is 0 Å². The van der Waals surface area contributed by atoms with Gasteiger partial charge in [0.15, 0.2) is 5.69 Å². The number of oxazole rings is 1. The van der Waals surface area contributed by atoms with E-state index in [1.807, 2.05) is 61.5 Å². The first-order chi connectivity index (χ1) is 16.5. The molecule has 0 saturated carbocycles. The van der Waals surface area contributed by atoms with E-state index in [0.29, 0.717) is 19.0 Å². The maximum Gasteiger partial charge on any atom is 0.273 e. The quantitative estimate of drug-likeness (QED) is 0.332. The molecule has 1 amide bonds. The van der Waals surface area contributed by atoms with Gasteiger partial charge in [0.05, 0.1) is 12.6 Å². The number of carbonyl (C=O) groups excluding carboxylic acids is 1. The van der Waals surface area contributed by atoms with E-state index in [1.54, 1.807) is 6.07 Å². The third-order valence-electron chi connectivity index (χ3n) is 5.87. The second kappa shape index (κ2) is 10.9. The Morgan fingerprint density at radius 1 is 0.941 bits per heavy atom. The molecule has 174 valence electrons. The van der Waals surface area contributed by atoms with Gasteiger partial charge in [0.25, 0.3) is 5.91 Å². The van der Waals surface area contributed by atoms with Crippen molar-refractivity contribution in [3.8, 4) is 0 Å². The molecule has 34 heavy (non-hydrogen) atoms. The van der Waals surface area contributed by atoms with Gasteiger partial charge in [-0.15, -0.1) is 0 Å². The number of benzene rings is 3. The largest absolute Gasteiger partial charge is 0.447 e. The van der Waals surface area contributed by atoms with E-state index < -0.39 is 0 Å². The molecule has 1 heterocycles. The monoisotopic (exact) mass is 457 g/mol. The zero-order valence-corrected chi connectivity index (χ0v) is 19.3. The molecule has 6 heteroatoms. The smallest absolute Gasteiger partial charge is 0.273 e. The molecule has 0 aliphatic rings. The van der Waals surface area contributed by atoms with Crippen LogP contribution in [0.2, 0.25) is 0 Å². The van der Waals surface area contributed by atoms with Crippen LogP contribution in [-0.2, 0) is 13.1 Å². The fourth-order valence-electron chi connectivity index (χ4n) is 3.90. The van der Waals surface area contributed by atoms with Crippen molar-refractivity contribution in [2.75, 3.05) is 0 Å². The lowest BCUT2D eigenvalue weighted by molar-refractivity contribution is 0.0934. The summed E-state index contributed by atoms with van der Waals surface area (Å²) in [5.41, 5.74) is 3.22. The lowest BCUT2D eigenvalue weighted by Crippen LogP contribution is -2.28. The molecule has 0 bridgehead atoms. The van der Waals surface area contributed by atoms with Crippen LogP contribution in [0.4, 0.5) is 4.39 Å². The average Bonchev–Trinajstić information content (AvgIpc) is 3.33. The number of aromatic nitrogens is 1. The van der Waals surface area contributed by atoms with E-state index in [0.717, 1.165) is 16.7 Å². The SMILES string of the molecule is C[C@H](NC(=O)c1coc(CN(Cc2cccc(F)c2)[C@@H](C)c2ccccc2)n1)c1ccccc1. The van der Waals surface area contributed by atoms with Crippen LogP contribution in [0, 0.1) is 5.82 Å². The zero-order chi connectivity index (χ0) is 23.9. The minimum absolute atomic E-state index is 0.0201. The van der Waals surface area contributed by atoms with Crippen LogP contribution in [0.25, 0.3) is 0 Å². The van der Waals surface area contributed by atoms with Gasteiger partial charge in [0.2, 0.25) is 5.89 Å². The van der Waals surface area contributed by atoms with Gasteiger partial charge in [-0.2, -0.15) is 0 Å². The Hall–Kier alpha value is -3.77. The van der Waals surface area contributed by atoms with Crippen molar-refractivity contribution >= 4 is 5.91 Å². The molecule has 1 N–H and O–H groups in total. The predicted octanol–water partition coefficient (Wildman–Crippen LogP) is 6.07. The molecule has 0 unspecified atom stereocenters. The van der Waals surface area contributed by atoms with Crippen LogP contribution in [0.1, 0.15) is 59.0 Å². The highest BCUT2D eigenvalue weighted by Crippen LogP contribution is 2.25. The number of hydrogen-bond acceptors (Lipinski definition) is 4. The molecule has 0 fully saturated rings. The molecule has 0 radical (unpaired) electrons. The Bertz CT molecular complexity index is 1210. The maximum absolute atomic E-state index is 13.8. The first kappa shape index (κ1) is 23.4. The average molecular weight is 458 g/mol. The topological polar surface area (TPSA) is 58.4 Å². The molecule has 1 aromatic heterocycles. The summed E-state index contributed by atoms with van der Waals surface area (Å²) in [5, 5.41) is 2.96. The first-order valence-corrected chi connectivity index (χ1v) is 11.3. The lowest BCUT2D eigenvalue weighted by atomic mass is 10.1. The molecule has 2 atom stereocenters. The Balaban J connectivity index is 1.49. The van der Waals surface area contributed by atoms with Gasteiger partial charge in [0, 0.05) is 12.6 Å². The van der Waals surface area contributed by atoms with Crippen molar-refractivity contribution < 1.29 is 13.6 Å².